The van der Waals surface area contributed by atoms with Crippen LogP contribution in [0, 0.1) is 6.92 Å². The van der Waals surface area contributed by atoms with E-state index in [2.05, 4.69) is 9.93 Å². The van der Waals surface area contributed by atoms with Gasteiger partial charge in [0.15, 0.2) is 11.5 Å². The molecule has 0 bridgehead atoms. The van der Waals surface area contributed by atoms with E-state index in [1.165, 1.54) is 24.4 Å². The molecule has 0 spiro atoms. The van der Waals surface area contributed by atoms with Crippen molar-refractivity contribution in [3.05, 3.63) is 53.6 Å². The van der Waals surface area contributed by atoms with E-state index in [1.54, 1.807) is 31.2 Å². The van der Waals surface area contributed by atoms with E-state index in [9.17, 15) is 13.5 Å². The van der Waals surface area contributed by atoms with Crippen LogP contribution in [-0.2, 0) is 10.0 Å². The molecule has 0 unspecified atom stereocenters. The first-order valence-electron chi connectivity index (χ1n) is 6.99. The molecule has 0 saturated carbocycles. The molecule has 0 aliphatic carbocycles. The predicted octanol–water partition coefficient (Wildman–Crippen LogP) is 2.41. The molecule has 23 heavy (non-hydrogen) atoms. The molecular formula is C16H18N2O4S. The summed E-state index contributed by atoms with van der Waals surface area (Å²) in [6.45, 7) is 4.09. The third kappa shape index (κ3) is 4.46. The maximum atomic E-state index is 12.1. The number of ether oxygens (including phenoxy) is 1. The molecule has 0 radical (unpaired) electrons. The summed E-state index contributed by atoms with van der Waals surface area (Å²) >= 11 is 0. The van der Waals surface area contributed by atoms with E-state index < -0.39 is 10.0 Å². The van der Waals surface area contributed by atoms with Crippen molar-refractivity contribution in [1.29, 1.82) is 0 Å². The SMILES string of the molecule is CCOc1cc(C=NNS(=O)(=O)c2ccc(C)cc2)ccc1O. The van der Waals surface area contributed by atoms with Gasteiger partial charge in [0.2, 0.25) is 0 Å². The van der Waals surface area contributed by atoms with Crippen molar-refractivity contribution in [2.75, 3.05) is 6.61 Å². The molecule has 0 aliphatic heterocycles. The maximum absolute atomic E-state index is 12.1. The normalized spacial score (nSPS) is 11.6. The average molecular weight is 334 g/mol. The van der Waals surface area contributed by atoms with Crippen LogP contribution in [0.2, 0.25) is 0 Å². The second-order valence-corrected chi connectivity index (χ2v) is 6.49. The van der Waals surface area contributed by atoms with Crippen molar-refractivity contribution in [2.24, 2.45) is 5.10 Å². The van der Waals surface area contributed by atoms with Crippen LogP contribution in [0.3, 0.4) is 0 Å². The lowest BCUT2D eigenvalue weighted by atomic mass is 10.2. The van der Waals surface area contributed by atoms with Crippen LogP contribution in [0.5, 0.6) is 11.5 Å². The Morgan fingerprint density at radius 1 is 1.22 bits per heavy atom. The Kier molecular flexibility index (Phi) is 5.23. The van der Waals surface area contributed by atoms with Crippen molar-refractivity contribution in [3.63, 3.8) is 0 Å². The highest BCUT2D eigenvalue weighted by atomic mass is 32.2. The topological polar surface area (TPSA) is 88.0 Å². The lowest BCUT2D eigenvalue weighted by Gasteiger charge is -2.06. The fraction of sp³-hybridized carbons (Fsp3) is 0.188. The zero-order valence-corrected chi connectivity index (χ0v) is 13.7. The van der Waals surface area contributed by atoms with Crippen molar-refractivity contribution in [2.45, 2.75) is 18.7 Å². The van der Waals surface area contributed by atoms with Crippen LogP contribution in [0.25, 0.3) is 0 Å². The van der Waals surface area contributed by atoms with E-state index in [4.69, 9.17) is 4.74 Å². The molecule has 2 N–H and O–H groups in total. The third-order valence-corrected chi connectivity index (χ3v) is 4.24. The number of sulfonamides is 1. The Bertz CT molecular complexity index is 799. The molecular weight excluding hydrogens is 316 g/mol. The van der Waals surface area contributed by atoms with Crippen LogP contribution in [0.1, 0.15) is 18.1 Å². The third-order valence-electron chi connectivity index (χ3n) is 3.00. The molecule has 0 amide bonds. The number of nitrogens with zero attached hydrogens (tertiary/aromatic N) is 1. The quantitative estimate of drug-likeness (QED) is 0.627. The molecule has 0 aliphatic rings. The van der Waals surface area contributed by atoms with Crippen LogP contribution in [0.15, 0.2) is 52.5 Å². The lowest BCUT2D eigenvalue weighted by molar-refractivity contribution is 0.318. The summed E-state index contributed by atoms with van der Waals surface area (Å²) in [7, 11) is -3.70. The number of hydrogen-bond acceptors (Lipinski definition) is 5. The number of benzene rings is 2. The number of phenolic OH excluding ortho intramolecular Hbond substituents is 1. The standard InChI is InChI=1S/C16H18N2O4S/c1-3-22-16-10-13(6-9-15(16)19)11-17-18-23(20,21)14-7-4-12(2)5-8-14/h4-11,18-19H,3H2,1-2H3. The van der Waals surface area contributed by atoms with Crippen LogP contribution in [0.4, 0.5) is 0 Å². The van der Waals surface area contributed by atoms with Crippen LogP contribution < -0.4 is 9.57 Å². The monoisotopic (exact) mass is 334 g/mol. The summed E-state index contributed by atoms with van der Waals surface area (Å²) < 4.78 is 29.4. The Hall–Kier alpha value is -2.54. The van der Waals surface area contributed by atoms with E-state index >= 15 is 0 Å². The molecule has 2 aromatic rings. The van der Waals surface area contributed by atoms with Crippen molar-refractivity contribution in [1.82, 2.24) is 4.83 Å². The van der Waals surface area contributed by atoms with E-state index in [1.807, 2.05) is 6.92 Å². The summed E-state index contributed by atoms with van der Waals surface area (Å²) in [6, 6.07) is 11.1. The smallest absolute Gasteiger partial charge is 0.276 e. The lowest BCUT2D eigenvalue weighted by Crippen LogP contribution is -2.18. The predicted molar refractivity (Wildman–Crippen MR) is 88.4 cm³/mol. The first kappa shape index (κ1) is 16.8. The van der Waals surface area contributed by atoms with Gasteiger partial charge in [0.05, 0.1) is 17.7 Å². The van der Waals surface area contributed by atoms with Gasteiger partial charge in [-0.05, 0) is 49.7 Å². The number of hydrogen-bond donors (Lipinski definition) is 2. The molecule has 7 heteroatoms. The zero-order chi connectivity index (χ0) is 16.9. The van der Waals surface area contributed by atoms with Crippen molar-refractivity contribution < 1.29 is 18.3 Å². The molecule has 0 heterocycles. The van der Waals surface area contributed by atoms with Gasteiger partial charge < -0.3 is 9.84 Å². The minimum absolute atomic E-state index is 0.0178. The van der Waals surface area contributed by atoms with Gasteiger partial charge in [0.1, 0.15) is 0 Å². The fourth-order valence-electron chi connectivity index (χ4n) is 1.82. The fourth-order valence-corrected chi connectivity index (χ4v) is 2.61. The number of rotatable bonds is 6. The van der Waals surface area contributed by atoms with E-state index in [-0.39, 0.29) is 10.6 Å². The minimum atomic E-state index is -3.70. The molecule has 6 nitrogen and oxygen atoms in total. The number of aromatic hydroxyl groups is 1. The summed E-state index contributed by atoms with van der Waals surface area (Å²) in [4.78, 5) is 2.29. The van der Waals surface area contributed by atoms with Gasteiger partial charge in [-0.2, -0.15) is 13.5 Å². The molecule has 0 aromatic heterocycles. The minimum Gasteiger partial charge on any atom is -0.504 e. The van der Waals surface area contributed by atoms with E-state index in [0.717, 1.165) is 5.56 Å². The average Bonchev–Trinajstić information content (AvgIpc) is 2.51. The number of phenols is 1. The molecule has 0 fully saturated rings. The molecule has 0 atom stereocenters. The summed E-state index contributed by atoms with van der Waals surface area (Å²) in [5, 5.41) is 13.4. The first-order valence-corrected chi connectivity index (χ1v) is 8.48. The molecule has 2 rings (SSSR count). The van der Waals surface area contributed by atoms with E-state index in [0.29, 0.717) is 17.9 Å². The Morgan fingerprint density at radius 2 is 1.91 bits per heavy atom. The Balaban J connectivity index is 2.12. The highest BCUT2D eigenvalue weighted by Gasteiger charge is 2.11. The zero-order valence-electron chi connectivity index (χ0n) is 12.9. The summed E-state index contributed by atoms with van der Waals surface area (Å²) in [5.74, 6) is 0.335. The number of hydrazone groups is 1. The highest BCUT2D eigenvalue weighted by molar-refractivity contribution is 7.89. The maximum Gasteiger partial charge on any atom is 0.276 e. The largest absolute Gasteiger partial charge is 0.504 e. The van der Waals surface area contributed by atoms with Gasteiger partial charge in [0, 0.05) is 0 Å². The second kappa shape index (κ2) is 7.15. The summed E-state index contributed by atoms with van der Waals surface area (Å²) in [5.41, 5.74) is 1.57. The van der Waals surface area contributed by atoms with Gasteiger partial charge in [0.25, 0.3) is 10.0 Å². The summed E-state index contributed by atoms with van der Waals surface area (Å²) in [6.07, 6.45) is 1.34. The molecule has 122 valence electrons. The Morgan fingerprint density at radius 3 is 2.57 bits per heavy atom. The van der Waals surface area contributed by atoms with Crippen molar-refractivity contribution >= 4 is 16.2 Å². The second-order valence-electron chi connectivity index (χ2n) is 4.83. The highest BCUT2D eigenvalue weighted by Crippen LogP contribution is 2.26. The van der Waals surface area contributed by atoms with Crippen LogP contribution >= 0.6 is 0 Å². The van der Waals surface area contributed by atoms with Gasteiger partial charge in [-0.25, -0.2) is 4.83 Å². The van der Waals surface area contributed by atoms with Crippen LogP contribution in [-0.4, -0.2) is 26.3 Å². The molecule has 2 aromatic carbocycles. The van der Waals surface area contributed by atoms with Gasteiger partial charge in [-0.1, -0.05) is 17.7 Å². The van der Waals surface area contributed by atoms with Gasteiger partial charge in [-0.15, -0.1) is 0 Å². The van der Waals surface area contributed by atoms with Gasteiger partial charge in [-0.3, -0.25) is 0 Å². The number of aryl methyl sites for hydroxylation is 1. The van der Waals surface area contributed by atoms with Crippen molar-refractivity contribution in [3.8, 4) is 11.5 Å². The van der Waals surface area contributed by atoms with Gasteiger partial charge >= 0.3 is 0 Å². The first-order chi connectivity index (χ1) is 10.9. The molecule has 0 saturated heterocycles. The Labute approximate surface area is 135 Å². The number of nitrogens with one attached hydrogen (secondary N) is 1.